The Kier molecular flexibility index (Phi) is 2.87. The molecule has 2 rings (SSSR count). The molecule has 0 spiro atoms. The molecule has 2 nitrogen and oxygen atoms in total. The van der Waals surface area contributed by atoms with Gasteiger partial charge >= 0.3 is 0 Å². The van der Waals surface area contributed by atoms with Crippen molar-refractivity contribution >= 4 is 5.78 Å². The maximum atomic E-state index is 12.1. The van der Waals surface area contributed by atoms with Gasteiger partial charge in [0.05, 0.1) is 6.04 Å². The molecule has 0 saturated heterocycles. The lowest BCUT2D eigenvalue weighted by molar-refractivity contribution is 0.0896. The first kappa shape index (κ1) is 10.4. The minimum atomic E-state index is -0.292. The molecular weight excluding hydrogens is 186 g/mol. The summed E-state index contributed by atoms with van der Waals surface area (Å²) in [6, 6.07) is 7.38. The van der Waals surface area contributed by atoms with Crippen LogP contribution in [0.3, 0.4) is 0 Å². The van der Waals surface area contributed by atoms with E-state index >= 15 is 0 Å². The Labute approximate surface area is 90.5 Å². The maximum absolute atomic E-state index is 12.1. The zero-order chi connectivity index (χ0) is 10.8. The van der Waals surface area contributed by atoms with E-state index < -0.39 is 0 Å². The van der Waals surface area contributed by atoms with Crippen LogP contribution in [0.25, 0.3) is 0 Å². The Bertz CT molecular complexity index is 369. The number of hydrogen-bond donors (Lipinski definition) is 1. The maximum Gasteiger partial charge on any atom is 0.180 e. The number of benzene rings is 1. The van der Waals surface area contributed by atoms with Gasteiger partial charge in [0.2, 0.25) is 0 Å². The van der Waals surface area contributed by atoms with Gasteiger partial charge in [-0.05, 0) is 31.2 Å². The Hall–Kier alpha value is -1.15. The molecule has 1 saturated carbocycles. The van der Waals surface area contributed by atoms with Crippen molar-refractivity contribution in [3.05, 3.63) is 35.4 Å². The molecule has 1 aliphatic carbocycles. The molecule has 1 atom stereocenters. The summed E-state index contributed by atoms with van der Waals surface area (Å²) >= 11 is 0. The van der Waals surface area contributed by atoms with E-state index in [9.17, 15) is 4.79 Å². The van der Waals surface area contributed by atoms with Crippen molar-refractivity contribution in [1.82, 2.24) is 0 Å². The van der Waals surface area contributed by atoms with Crippen LogP contribution in [0.4, 0.5) is 0 Å². The number of carbonyl (C=O) groups excluding carboxylic acids is 1. The van der Waals surface area contributed by atoms with Gasteiger partial charge in [-0.2, -0.15) is 0 Å². The van der Waals surface area contributed by atoms with Gasteiger partial charge in [0.1, 0.15) is 0 Å². The SMILES string of the molecule is Cc1ccccc1C(=O)C(N)C1CCC1. The summed E-state index contributed by atoms with van der Waals surface area (Å²) in [7, 11) is 0. The fraction of sp³-hybridized carbons (Fsp3) is 0.462. The van der Waals surface area contributed by atoms with Crippen LogP contribution in [0.15, 0.2) is 24.3 Å². The van der Waals surface area contributed by atoms with E-state index in [-0.39, 0.29) is 11.8 Å². The monoisotopic (exact) mass is 203 g/mol. The van der Waals surface area contributed by atoms with E-state index in [1.54, 1.807) is 0 Å². The van der Waals surface area contributed by atoms with E-state index in [0.29, 0.717) is 5.92 Å². The normalized spacial score (nSPS) is 18.3. The second kappa shape index (κ2) is 4.15. The van der Waals surface area contributed by atoms with Crippen LogP contribution >= 0.6 is 0 Å². The van der Waals surface area contributed by atoms with Crippen LogP contribution in [-0.4, -0.2) is 11.8 Å². The predicted molar refractivity (Wildman–Crippen MR) is 60.8 cm³/mol. The molecule has 15 heavy (non-hydrogen) atoms. The largest absolute Gasteiger partial charge is 0.321 e. The van der Waals surface area contributed by atoms with Gasteiger partial charge < -0.3 is 5.73 Å². The summed E-state index contributed by atoms with van der Waals surface area (Å²) in [6.45, 7) is 1.96. The lowest BCUT2D eigenvalue weighted by Crippen LogP contribution is -2.41. The number of aryl methyl sites for hydroxylation is 1. The number of hydrogen-bond acceptors (Lipinski definition) is 2. The number of nitrogens with two attached hydrogens (primary N) is 1. The highest BCUT2D eigenvalue weighted by atomic mass is 16.1. The van der Waals surface area contributed by atoms with Crippen molar-refractivity contribution in [2.45, 2.75) is 32.2 Å². The molecule has 0 bridgehead atoms. The van der Waals surface area contributed by atoms with Crippen molar-refractivity contribution in [3.8, 4) is 0 Å². The highest BCUT2D eigenvalue weighted by Gasteiger charge is 2.30. The van der Waals surface area contributed by atoms with E-state index in [2.05, 4.69) is 0 Å². The Balaban J connectivity index is 2.16. The summed E-state index contributed by atoms with van der Waals surface area (Å²) < 4.78 is 0. The van der Waals surface area contributed by atoms with E-state index in [1.807, 2.05) is 31.2 Å². The Morgan fingerprint density at radius 2 is 2.07 bits per heavy atom. The second-order valence-corrected chi connectivity index (χ2v) is 4.40. The molecule has 0 heterocycles. The predicted octanol–water partition coefficient (Wildman–Crippen LogP) is 2.31. The van der Waals surface area contributed by atoms with Crippen molar-refractivity contribution in [1.29, 1.82) is 0 Å². The third kappa shape index (κ3) is 1.95. The molecule has 2 N–H and O–H groups in total. The average Bonchev–Trinajstić information content (AvgIpc) is 2.15. The van der Waals surface area contributed by atoms with Crippen molar-refractivity contribution in [2.24, 2.45) is 11.7 Å². The Morgan fingerprint density at radius 3 is 2.60 bits per heavy atom. The zero-order valence-electron chi connectivity index (χ0n) is 9.07. The number of rotatable bonds is 3. The molecule has 2 heteroatoms. The summed E-state index contributed by atoms with van der Waals surface area (Å²) in [5, 5.41) is 0. The first-order valence-corrected chi connectivity index (χ1v) is 5.55. The topological polar surface area (TPSA) is 43.1 Å². The summed E-state index contributed by atoms with van der Waals surface area (Å²) in [4.78, 5) is 12.1. The van der Waals surface area contributed by atoms with Crippen LogP contribution in [-0.2, 0) is 0 Å². The first-order chi connectivity index (χ1) is 7.20. The fourth-order valence-corrected chi connectivity index (χ4v) is 2.04. The fourth-order valence-electron chi connectivity index (χ4n) is 2.04. The van der Waals surface area contributed by atoms with Gasteiger partial charge in [-0.3, -0.25) is 4.79 Å². The quantitative estimate of drug-likeness (QED) is 0.766. The standard InChI is InChI=1S/C13H17NO/c1-9-5-2-3-8-11(9)13(15)12(14)10-6-4-7-10/h2-3,5,8,10,12H,4,6-7,14H2,1H3. The van der Waals surface area contributed by atoms with Crippen molar-refractivity contribution in [3.63, 3.8) is 0 Å². The average molecular weight is 203 g/mol. The number of ketones is 1. The van der Waals surface area contributed by atoms with Crippen molar-refractivity contribution < 1.29 is 4.79 Å². The third-order valence-corrected chi connectivity index (χ3v) is 3.37. The first-order valence-electron chi connectivity index (χ1n) is 5.55. The Morgan fingerprint density at radius 1 is 1.40 bits per heavy atom. The van der Waals surface area contributed by atoms with Crippen molar-refractivity contribution in [2.75, 3.05) is 0 Å². The smallest absolute Gasteiger partial charge is 0.180 e. The molecule has 1 aliphatic rings. The van der Waals surface area contributed by atoms with Gasteiger partial charge in [-0.25, -0.2) is 0 Å². The number of Topliss-reactive ketones (excluding diaryl/α,β-unsaturated/α-hetero) is 1. The molecule has 1 aromatic rings. The molecular formula is C13H17NO. The lowest BCUT2D eigenvalue weighted by atomic mass is 9.77. The highest BCUT2D eigenvalue weighted by molar-refractivity contribution is 6.01. The summed E-state index contributed by atoms with van der Waals surface area (Å²) in [5.41, 5.74) is 7.79. The lowest BCUT2D eigenvalue weighted by Gasteiger charge is -2.30. The molecule has 0 radical (unpaired) electrons. The molecule has 1 unspecified atom stereocenters. The third-order valence-electron chi connectivity index (χ3n) is 3.37. The second-order valence-electron chi connectivity index (χ2n) is 4.40. The van der Waals surface area contributed by atoms with Gasteiger partial charge in [0, 0.05) is 5.56 Å². The molecule has 0 amide bonds. The van der Waals surface area contributed by atoms with Crippen LogP contribution in [0.5, 0.6) is 0 Å². The minimum Gasteiger partial charge on any atom is -0.321 e. The van der Waals surface area contributed by atoms with Gasteiger partial charge in [-0.15, -0.1) is 0 Å². The molecule has 1 aromatic carbocycles. The van der Waals surface area contributed by atoms with Crippen LogP contribution in [0, 0.1) is 12.8 Å². The van der Waals surface area contributed by atoms with Crippen LogP contribution in [0.1, 0.15) is 35.2 Å². The van der Waals surface area contributed by atoms with Gasteiger partial charge in [0.15, 0.2) is 5.78 Å². The molecule has 0 aliphatic heterocycles. The highest BCUT2D eigenvalue weighted by Crippen LogP contribution is 2.30. The minimum absolute atomic E-state index is 0.109. The van der Waals surface area contributed by atoms with E-state index in [1.165, 1.54) is 6.42 Å². The molecule has 80 valence electrons. The number of carbonyl (C=O) groups is 1. The van der Waals surface area contributed by atoms with Gasteiger partial charge in [0.25, 0.3) is 0 Å². The van der Waals surface area contributed by atoms with Crippen LogP contribution in [0.2, 0.25) is 0 Å². The van der Waals surface area contributed by atoms with E-state index in [0.717, 1.165) is 24.0 Å². The molecule has 1 fully saturated rings. The van der Waals surface area contributed by atoms with Gasteiger partial charge in [-0.1, -0.05) is 30.7 Å². The summed E-state index contributed by atoms with van der Waals surface area (Å²) in [5.74, 6) is 0.523. The summed E-state index contributed by atoms with van der Waals surface area (Å²) in [6.07, 6.45) is 3.44. The van der Waals surface area contributed by atoms with Crippen LogP contribution < -0.4 is 5.73 Å². The zero-order valence-corrected chi connectivity index (χ0v) is 9.07. The van der Waals surface area contributed by atoms with E-state index in [4.69, 9.17) is 5.73 Å². The molecule has 0 aromatic heterocycles.